The monoisotopic (exact) mass is 603 g/mol. The van der Waals surface area contributed by atoms with Crippen molar-refractivity contribution in [1.82, 2.24) is 15.1 Å². The third-order valence-corrected chi connectivity index (χ3v) is 8.99. The summed E-state index contributed by atoms with van der Waals surface area (Å²) in [7, 11) is 7.00. The molecule has 2 aromatic carbocycles. The molecule has 0 radical (unpaired) electrons. The van der Waals surface area contributed by atoms with E-state index in [9.17, 15) is 39.6 Å². The largest absolute Gasteiger partial charge is 0.508 e. The van der Waals surface area contributed by atoms with E-state index in [4.69, 9.17) is 0 Å². The molecule has 4 atom stereocenters. The number of carbonyl (C=O) groups excluding carboxylic acids is 4. The number of aromatic hydroxyl groups is 1. The predicted octanol–water partition coefficient (Wildman–Crippen LogP) is 2.03. The van der Waals surface area contributed by atoms with E-state index in [1.54, 1.807) is 44.4 Å². The standard InChI is InChI=1S/C33H37N3O8/c1-16(37)24-29(40)27(36(4)5)22-15-19-14-21-20(17-7-6-8-18(13-17)32(43)34-11-12-35(2)3)9-10-23(38)26(21)28(39)25(19)31(42)33(22,44)30(24)41/h6-10,13,19,22,27,38-39,41,44H,11-12,14-15H2,1-5H3,(H,34,43)/t19?,22?,27-,33-/m1/s1. The van der Waals surface area contributed by atoms with Crippen LogP contribution in [0.25, 0.3) is 16.9 Å². The molecule has 5 N–H and O–H groups in total. The Hall–Kier alpha value is -4.32. The zero-order chi connectivity index (χ0) is 32.2. The fourth-order valence-electron chi connectivity index (χ4n) is 6.94. The van der Waals surface area contributed by atoms with Crippen molar-refractivity contribution in [2.24, 2.45) is 11.8 Å². The summed E-state index contributed by atoms with van der Waals surface area (Å²) in [5.74, 6) is -6.37. The highest BCUT2D eigenvalue weighted by atomic mass is 16.3. The highest BCUT2D eigenvalue weighted by Gasteiger charge is 2.64. The number of benzene rings is 2. The highest BCUT2D eigenvalue weighted by Crippen LogP contribution is 2.53. The van der Waals surface area contributed by atoms with Crippen LogP contribution in [0.4, 0.5) is 0 Å². The van der Waals surface area contributed by atoms with Crippen molar-refractivity contribution in [1.29, 1.82) is 0 Å². The number of phenols is 1. The molecule has 11 heteroatoms. The Balaban J connectivity index is 1.62. The number of hydrogen-bond donors (Lipinski definition) is 5. The van der Waals surface area contributed by atoms with Crippen molar-refractivity contribution in [2.45, 2.75) is 31.4 Å². The summed E-state index contributed by atoms with van der Waals surface area (Å²) in [6.45, 7) is 2.21. The van der Waals surface area contributed by atoms with E-state index in [1.807, 2.05) is 19.0 Å². The Morgan fingerprint density at radius 1 is 1.05 bits per heavy atom. The number of nitrogens with zero attached hydrogens (tertiary/aromatic N) is 2. The molecule has 0 heterocycles. The molecule has 0 aromatic heterocycles. The number of nitrogens with one attached hydrogen (secondary N) is 1. The van der Waals surface area contributed by atoms with Crippen molar-refractivity contribution in [3.05, 3.63) is 70.0 Å². The summed E-state index contributed by atoms with van der Waals surface area (Å²) < 4.78 is 0. The average molecular weight is 604 g/mol. The van der Waals surface area contributed by atoms with Crippen LogP contribution in [0.1, 0.15) is 34.8 Å². The summed E-state index contributed by atoms with van der Waals surface area (Å²) in [4.78, 5) is 56.1. The van der Waals surface area contributed by atoms with Crippen LogP contribution in [0.2, 0.25) is 0 Å². The minimum atomic E-state index is -2.62. The number of carbonyl (C=O) groups is 4. The van der Waals surface area contributed by atoms with E-state index >= 15 is 0 Å². The molecule has 11 nitrogen and oxygen atoms in total. The molecule has 0 spiro atoms. The van der Waals surface area contributed by atoms with Crippen LogP contribution >= 0.6 is 0 Å². The van der Waals surface area contributed by atoms with Gasteiger partial charge in [-0.3, -0.25) is 24.1 Å². The second-order valence-corrected chi connectivity index (χ2v) is 12.3. The van der Waals surface area contributed by atoms with E-state index in [2.05, 4.69) is 5.32 Å². The molecule has 0 saturated heterocycles. The molecule has 1 amide bonds. The molecule has 5 rings (SSSR count). The molecule has 2 aromatic rings. The first-order chi connectivity index (χ1) is 20.7. The Morgan fingerprint density at radius 2 is 1.75 bits per heavy atom. The van der Waals surface area contributed by atoms with Crippen molar-refractivity contribution in [3.63, 3.8) is 0 Å². The van der Waals surface area contributed by atoms with Gasteiger partial charge in [-0.15, -0.1) is 0 Å². The summed E-state index contributed by atoms with van der Waals surface area (Å²) in [5, 5.41) is 48.2. The number of fused-ring (bicyclic) bond motifs is 3. The number of rotatable bonds is 7. The smallest absolute Gasteiger partial charge is 0.251 e. The average Bonchev–Trinajstić information content (AvgIpc) is 2.94. The van der Waals surface area contributed by atoms with Crippen LogP contribution in [0.3, 0.4) is 0 Å². The van der Waals surface area contributed by atoms with Gasteiger partial charge in [-0.25, -0.2) is 0 Å². The topological polar surface area (TPSA) is 168 Å². The van der Waals surface area contributed by atoms with Gasteiger partial charge in [0.05, 0.1) is 11.6 Å². The van der Waals surface area contributed by atoms with Crippen LogP contribution < -0.4 is 5.32 Å². The van der Waals surface area contributed by atoms with E-state index in [0.717, 1.165) is 6.92 Å². The first-order valence-electron chi connectivity index (χ1n) is 14.4. The molecule has 232 valence electrons. The second-order valence-electron chi connectivity index (χ2n) is 12.3. The minimum Gasteiger partial charge on any atom is -0.508 e. The fourth-order valence-corrected chi connectivity index (χ4v) is 6.94. The van der Waals surface area contributed by atoms with E-state index in [0.29, 0.717) is 35.3 Å². The van der Waals surface area contributed by atoms with E-state index < -0.39 is 57.9 Å². The van der Waals surface area contributed by atoms with Gasteiger partial charge in [-0.1, -0.05) is 18.2 Å². The first-order valence-corrected chi connectivity index (χ1v) is 14.4. The lowest BCUT2D eigenvalue weighted by Gasteiger charge is -2.50. The summed E-state index contributed by atoms with van der Waals surface area (Å²) in [6, 6.07) is 8.92. The van der Waals surface area contributed by atoms with Gasteiger partial charge in [-0.05, 0) is 88.8 Å². The maximum Gasteiger partial charge on any atom is 0.251 e. The van der Waals surface area contributed by atoms with Crippen LogP contribution in [0, 0.1) is 11.8 Å². The number of phenolic OH excluding ortho intramolecular Hbond substituents is 1. The fraction of sp³-hybridized carbons (Fsp3) is 0.394. The van der Waals surface area contributed by atoms with Crippen molar-refractivity contribution < 1.29 is 39.6 Å². The number of amides is 1. The zero-order valence-electron chi connectivity index (χ0n) is 25.3. The molecule has 2 unspecified atom stereocenters. The van der Waals surface area contributed by atoms with E-state index in [-0.39, 0.29) is 35.6 Å². The van der Waals surface area contributed by atoms with Gasteiger partial charge in [0.25, 0.3) is 5.91 Å². The number of Topliss-reactive ketones (excluding diaryl/α,β-unsaturated/α-hetero) is 3. The molecular weight excluding hydrogens is 566 g/mol. The molecule has 0 bridgehead atoms. The minimum absolute atomic E-state index is 0.0105. The maximum absolute atomic E-state index is 14.1. The van der Waals surface area contributed by atoms with Crippen molar-refractivity contribution in [3.8, 4) is 16.9 Å². The number of likely N-dealkylation sites (N-methyl/N-ethyl adjacent to an activating group) is 2. The normalized spacial score (nSPS) is 24.8. The predicted molar refractivity (Wildman–Crippen MR) is 162 cm³/mol. The van der Waals surface area contributed by atoms with Gasteiger partial charge < -0.3 is 30.6 Å². The van der Waals surface area contributed by atoms with E-state index in [1.165, 1.54) is 11.0 Å². The Labute approximate surface area is 255 Å². The Bertz CT molecular complexity index is 1660. The van der Waals surface area contributed by atoms with Gasteiger partial charge in [0.15, 0.2) is 17.2 Å². The van der Waals surface area contributed by atoms with Gasteiger partial charge in [-0.2, -0.15) is 0 Å². The maximum atomic E-state index is 14.1. The van der Waals surface area contributed by atoms with Gasteiger partial charge in [0.2, 0.25) is 5.78 Å². The van der Waals surface area contributed by atoms with Crippen LogP contribution in [-0.4, -0.2) is 106 Å². The van der Waals surface area contributed by atoms with Gasteiger partial charge in [0.1, 0.15) is 22.8 Å². The quantitative estimate of drug-likeness (QED) is 0.296. The number of ketones is 3. The molecule has 1 fully saturated rings. The lowest BCUT2D eigenvalue weighted by Crippen LogP contribution is -2.65. The van der Waals surface area contributed by atoms with Crippen LogP contribution in [0.5, 0.6) is 5.75 Å². The Morgan fingerprint density at radius 3 is 2.39 bits per heavy atom. The third-order valence-electron chi connectivity index (χ3n) is 8.99. The second kappa shape index (κ2) is 11.3. The highest BCUT2D eigenvalue weighted by molar-refractivity contribution is 6.25. The molecule has 3 aliphatic carbocycles. The van der Waals surface area contributed by atoms with Crippen LogP contribution in [0.15, 0.2) is 53.3 Å². The number of aliphatic hydroxyl groups is 3. The molecule has 44 heavy (non-hydrogen) atoms. The zero-order valence-corrected chi connectivity index (χ0v) is 25.3. The number of hydrogen-bond acceptors (Lipinski definition) is 10. The number of aliphatic hydroxyl groups excluding tert-OH is 2. The summed E-state index contributed by atoms with van der Waals surface area (Å²) in [6.07, 6.45) is 0.183. The molecule has 3 aliphatic rings. The third kappa shape index (κ3) is 4.81. The molecule has 0 aliphatic heterocycles. The lowest BCUT2D eigenvalue weighted by molar-refractivity contribution is -0.153. The van der Waals surface area contributed by atoms with Crippen molar-refractivity contribution in [2.75, 3.05) is 41.3 Å². The van der Waals surface area contributed by atoms with Gasteiger partial charge in [0, 0.05) is 30.1 Å². The van der Waals surface area contributed by atoms with Crippen molar-refractivity contribution >= 4 is 29.0 Å². The SMILES string of the molecule is CC(=O)C1=C(O)[C@@]2(O)C(=O)C3=C(O)c4c(O)ccc(-c5cccc(C(=O)NCCN(C)C)c5)c4CC3CC2[C@@H](N(C)C)C1=O. The lowest BCUT2D eigenvalue weighted by atomic mass is 9.57. The first kappa shape index (κ1) is 31.1. The van der Waals surface area contributed by atoms with Crippen LogP contribution in [-0.2, 0) is 20.8 Å². The Kier molecular flexibility index (Phi) is 8.00. The molecular formula is C33H37N3O8. The van der Waals surface area contributed by atoms with Gasteiger partial charge >= 0.3 is 0 Å². The molecule has 1 saturated carbocycles. The summed E-state index contributed by atoms with van der Waals surface area (Å²) >= 11 is 0. The summed E-state index contributed by atoms with van der Waals surface area (Å²) in [5.41, 5.74) is -1.19.